The highest BCUT2D eigenvalue weighted by Crippen LogP contribution is 2.22. The van der Waals surface area contributed by atoms with E-state index in [9.17, 15) is 4.39 Å². The number of benzene rings is 2. The molecule has 0 aliphatic rings. The molecule has 100 valence electrons. The Hall–Kier alpha value is -1.87. The first-order chi connectivity index (χ1) is 9.24. The van der Waals surface area contributed by atoms with Crippen LogP contribution in [0.4, 0.5) is 4.39 Å². The molecule has 2 aromatic rings. The molecular weight excluding hydrogens is 241 g/mol. The van der Waals surface area contributed by atoms with E-state index < -0.39 is 0 Å². The van der Waals surface area contributed by atoms with Crippen LogP contribution in [0, 0.1) is 5.82 Å². The van der Waals surface area contributed by atoms with Crippen molar-refractivity contribution in [1.82, 2.24) is 0 Å². The minimum atomic E-state index is -0.318. The van der Waals surface area contributed by atoms with Crippen LogP contribution in [0.2, 0.25) is 0 Å². The molecular formula is C16H18FNO. The molecule has 0 saturated heterocycles. The van der Waals surface area contributed by atoms with E-state index in [0.29, 0.717) is 17.9 Å². The van der Waals surface area contributed by atoms with E-state index in [-0.39, 0.29) is 12.4 Å². The van der Waals surface area contributed by atoms with Gasteiger partial charge in [-0.2, -0.15) is 0 Å². The third-order valence-electron chi connectivity index (χ3n) is 3.11. The summed E-state index contributed by atoms with van der Waals surface area (Å²) in [6.07, 6.45) is 1.02. The summed E-state index contributed by atoms with van der Waals surface area (Å²) in [5.74, 6) is 0.198. The van der Waals surface area contributed by atoms with Crippen LogP contribution >= 0.6 is 0 Å². The third kappa shape index (κ3) is 3.32. The Bertz CT molecular complexity index is 537. The number of hydrogen-bond donors (Lipinski definition) is 1. The second kappa shape index (κ2) is 6.34. The first-order valence-electron chi connectivity index (χ1n) is 6.42. The fraction of sp³-hybridized carbons (Fsp3) is 0.250. The van der Waals surface area contributed by atoms with E-state index in [2.05, 4.69) is 19.1 Å². The zero-order valence-corrected chi connectivity index (χ0v) is 11.0. The van der Waals surface area contributed by atoms with Crippen molar-refractivity contribution in [2.75, 3.05) is 0 Å². The number of halogens is 1. The molecule has 2 N–H and O–H groups in total. The van der Waals surface area contributed by atoms with E-state index in [1.54, 1.807) is 12.1 Å². The quantitative estimate of drug-likeness (QED) is 0.893. The SMILES string of the molecule is CCc1ccc(COc2cccc(F)c2CN)cc1. The summed E-state index contributed by atoms with van der Waals surface area (Å²) in [6, 6.07) is 13.0. The Kier molecular flexibility index (Phi) is 4.53. The molecule has 0 saturated carbocycles. The fourth-order valence-electron chi connectivity index (χ4n) is 1.90. The predicted molar refractivity (Wildman–Crippen MR) is 74.4 cm³/mol. The van der Waals surface area contributed by atoms with Gasteiger partial charge in [-0.15, -0.1) is 0 Å². The molecule has 0 unspecified atom stereocenters. The summed E-state index contributed by atoms with van der Waals surface area (Å²) in [4.78, 5) is 0. The molecule has 0 aromatic heterocycles. The summed E-state index contributed by atoms with van der Waals surface area (Å²) < 4.78 is 19.2. The van der Waals surface area contributed by atoms with Gasteiger partial charge in [-0.1, -0.05) is 37.3 Å². The fourth-order valence-corrected chi connectivity index (χ4v) is 1.90. The van der Waals surface area contributed by atoms with Crippen molar-refractivity contribution in [3.8, 4) is 5.75 Å². The van der Waals surface area contributed by atoms with Gasteiger partial charge in [0.1, 0.15) is 18.2 Å². The van der Waals surface area contributed by atoms with Crippen LogP contribution in [-0.4, -0.2) is 0 Å². The molecule has 19 heavy (non-hydrogen) atoms. The molecule has 0 bridgehead atoms. The van der Waals surface area contributed by atoms with Crippen molar-refractivity contribution in [1.29, 1.82) is 0 Å². The normalized spacial score (nSPS) is 10.5. The van der Waals surface area contributed by atoms with Crippen LogP contribution in [0.25, 0.3) is 0 Å². The van der Waals surface area contributed by atoms with E-state index in [1.807, 2.05) is 12.1 Å². The first kappa shape index (κ1) is 13.6. The topological polar surface area (TPSA) is 35.2 Å². The van der Waals surface area contributed by atoms with Gasteiger partial charge >= 0.3 is 0 Å². The molecule has 2 nitrogen and oxygen atoms in total. The Morgan fingerprint density at radius 3 is 2.37 bits per heavy atom. The zero-order chi connectivity index (χ0) is 13.7. The van der Waals surface area contributed by atoms with Crippen LogP contribution in [-0.2, 0) is 19.6 Å². The van der Waals surface area contributed by atoms with Gasteiger partial charge in [-0.05, 0) is 29.7 Å². The van der Waals surface area contributed by atoms with Gasteiger partial charge in [-0.3, -0.25) is 0 Å². The molecule has 0 fully saturated rings. The van der Waals surface area contributed by atoms with Crippen molar-refractivity contribution in [2.45, 2.75) is 26.5 Å². The lowest BCUT2D eigenvalue weighted by molar-refractivity contribution is 0.300. The molecule has 0 amide bonds. The smallest absolute Gasteiger partial charge is 0.131 e. The molecule has 3 heteroatoms. The largest absolute Gasteiger partial charge is 0.488 e. The lowest BCUT2D eigenvalue weighted by Gasteiger charge is -2.11. The maximum atomic E-state index is 13.5. The lowest BCUT2D eigenvalue weighted by Crippen LogP contribution is -2.05. The monoisotopic (exact) mass is 259 g/mol. The highest BCUT2D eigenvalue weighted by atomic mass is 19.1. The molecule has 0 spiro atoms. The number of aryl methyl sites for hydroxylation is 1. The number of ether oxygens (including phenoxy) is 1. The molecule has 0 aliphatic carbocycles. The minimum Gasteiger partial charge on any atom is -0.488 e. The molecule has 2 rings (SSSR count). The Morgan fingerprint density at radius 1 is 1.05 bits per heavy atom. The average Bonchev–Trinajstić information content (AvgIpc) is 2.45. The lowest BCUT2D eigenvalue weighted by atomic mass is 10.1. The second-order valence-electron chi connectivity index (χ2n) is 4.38. The second-order valence-corrected chi connectivity index (χ2v) is 4.38. The minimum absolute atomic E-state index is 0.136. The average molecular weight is 259 g/mol. The van der Waals surface area contributed by atoms with Crippen LogP contribution in [0.15, 0.2) is 42.5 Å². The third-order valence-corrected chi connectivity index (χ3v) is 3.11. The standard InChI is InChI=1S/C16H18FNO/c1-2-12-6-8-13(9-7-12)11-19-16-5-3-4-15(17)14(16)10-18/h3-9H,2,10-11,18H2,1H3. The van der Waals surface area contributed by atoms with E-state index in [1.165, 1.54) is 11.6 Å². The van der Waals surface area contributed by atoms with Crippen molar-refractivity contribution in [3.05, 3.63) is 65.0 Å². The molecule has 2 aromatic carbocycles. The van der Waals surface area contributed by atoms with Gasteiger partial charge in [0.2, 0.25) is 0 Å². The molecule has 0 atom stereocenters. The molecule has 0 heterocycles. The van der Waals surface area contributed by atoms with Gasteiger partial charge in [-0.25, -0.2) is 4.39 Å². The van der Waals surface area contributed by atoms with Crippen LogP contribution in [0.3, 0.4) is 0 Å². The van der Waals surface area contributed by atoms with Gasteiger partial charge in [0.15, 0.2) is 0 Å². The summed E-state index contributed by atoms with van der Waals surface area (Å²) in [5.41, 5.74) is 8.31. The summed E-state index contributed by atoms with van der Waals surface area (Å²) in [5, 5.41) is 0. The number of rotatable bonds is 5. The maximum absolute atomic E-state index is 13.5. The van der Waals surface area contributed by atoms with Gasteiger partial charge in [0.05, 0.1) is 0 Å². The molecule has 0 radical (unpaired) electrons. The zero-order valence-electron chi connectivity index (χ0n) is 11.0. The first-order valence-corrected chi connectivity index (χ1v) is 6.42. The predicted octanol–water partition coefficient (Wildman–Crippen LogP) is 3.43. The highest BCUT2D eigenvalue weighted by Gasteiger charge is 2.07. The number of hydrogen-bond acceptors (Lipinski definition) is 2. The van der Waals surface area contributed by atoms with Crippen molar-refractivity contribution < 1.29 is 9.13 Å². The number of nitrogens with two attached hydrogens (primary N) is 1. The Balaban J connectivity index is 2.07. The van der Waals surface area contributed by atoms with Crippen LogP contribution < -0.4 is 10.5 Å². The maximum Gasteiger partial charge on any atom is 0.131 e. The molecule has 0 aliphatic heterocycles. The van der Waals surface area contributed by atoms with Gasteiger partial charge < -0.3 is 10.5 Å². The van der Waals surface area contributed by atoms with Gasteiger partial charge in [0, 0.05) is 12.1 Å². The van der Waals surface area contributed by atoms with Crippen LogP contribution in [0.1, 0.15) is 23.6 Å². The summed E-state index contributed by atoms with van der Waals surface area (Å²) >= 11 is 0. The van der Waals surface area contributed by atoms with Crippen molar-refractivity contribution >= 4 is 0 Å². The van der Waals surface area contributed by atoms with E-state index in [4.69, 9.17) is 10.5 Å². The van der Waals surface area contributed by atoms with Crippen LogP contribution in [0.5, 0.6) is 5.75 Å². The van der Waals surface area contributed by atoms with Gasteiger partial charge in [0.25, 0.3) is 0 Å². The highest BCUT2D eigenvalue weighted by molar-refractivity contribution is 5.34. The van der Waals surface area contributed by atoms with Crippen molar-refractivity contribution in [3.63, 3.8) is 0 Å². The summed E-state index contributed by atoms with van der Waals surface area (Å²) in [7, 11) is 0. The van der Waals surface area contributed by atoms with E-state index in [0.717, 1.165) is 12.0 Å². The van der Waals surface area contributed by atoms with E-state index >= 15 is 0 Å². The van der Waals surface area contributed by atoms with Crippen molar-refractivity contribution in [2.24, 2.45) is 5.73 Å². The summed E-state index contributed by atoms with van der Waals surface area (Å²) in [6.45, 7) is 2.67. The Labute approximate surface area is 113 Å². The Morgan fingerprint density at radius 2 is 1.74 bits per heavy atom.